The lowest BCUT2D eigenvalue weighted by molar-refractivity contribution is -0.167. The number of amides is 3. The zero-order valence-corrected chi connectivity index (χ0v) is 23.7. The summed E-state index contributed by atoms with van der Waals surface area (Å²) in [5, 5.41) is 6.09. The van der Waals surface area contributed by atoms with Crippen molar-refractivity contribution < 1.29 is 40.7 Å². The Hall–Kier alpha value is -3.19. The normalized spacial score (nSPS) is 17.4. The van der Waals surface area contributed by atoms with E-state index in [1.165, 1.54) is 30.4 Å². The van der Waals surface area contributed by atoms with Crippen LogP contribution in [0.15, 0.2) is 42.5 Å². The summed E-state index contributed by atoms with van der Waals surface area (Å²) in [7, 11) is 0. The molecular weight excluding hydrogens is 658 g/mol. The molecule has 6 nitrogen and oxygen atoms in total. The van der Waals surface area contributed by atoms with Gasteiger partial charge in [-0.1, -0.05) is 29.3 Å². The molecule has 42 heavy (non-hydrogen) atoms. The van der Waals surface area contributed by atoms with Crippen LogP contribution < -0.4 is 16.0 Å². The maximum atomic E-state index is 14.9. The molecule has 3 N–H and O–H groups in total. The van der Waals surface area contributed by atoms with Crippen LogP contribution >= 0.6 is 46.4 Å². The highest BCUT2D eigenvalue weighted by atomic mass is 35.5. The Labute approximate surface area is 253 Å². The van der Waals surface area contributed by atoms with E-state index in [2.05, 4.69) is 5.32 Å². The Kier molecular flexibility index (Phi) is 8.67. The summed E-state index contributed by atoms with van der Waals surface area (Å²) >= 11 is 24.6. The topological polar surface area (TPSA) is 87.3 Å². The van der Waals surface area contributed by atoms with Gasteiger partial charge in [0.1, 0.15) is 21.8 Å². The summed E-state index contributed by atoms with van der Waals surface area (Å²) in [5.74, 6) is -10.3. The van der Waals surface area contributed by atoms with Crippen molar-refractivity contribution in [2.24, 2.45) is 5.92 Å². The predicted molar refractivity (Wildman–Crippen MR) is 146 cm³/mol. The summed E-state index contributed by atoms with van der Waals surface area (Å²) in [6.07, 6.45) is -5.38. The molecule has 3 aromatic rings. The van der Waals surface area contributed by atoms with Crippen LogP contribution in [0.2, 0.25) is 10.0 Å². The van der Waals surface area contributed by atoms with Crippen molar-refractivity contribution >= 4 is 81.2 Å². The summed E-state index contributed by atoms with van der Waals surface area (Å²) in [4.78, 5) is 37.0. The molecule has 0 bridgehead atoms. The van der Waals surface area contributed by atoms with Crippen molar-refractivity contribution in [3.8, 4) is 0 Å². The van der Waals surface area contributed by atoms with Gasteiger partial charge in [0, 0.05) is 17.7 Å². The minimum Gasteiger partial charge on any atom is -0.326 e. The van der Waals surface area contributed by atoms with Crippen LogP contribution in [0.5, 0.6) is 0 Å². The van der Waals surface area contributed by atoms with Crippen molar-refractivity contribution in [1.82, 2.24) is 0 Å². The number of rotatable bonds is 6. The smallest absolute Gasteiger partial charge is 0.326 e. The average molecular weight is 673 g/mol. The molecular formula is C26H15Cl4F6N3O3. The Morgan fingerprint density at radius 2 is 1.45 bits per heavy atom. The first-order valence-electron chi connectivity index (χ1n) is 11.5. The van der Waals surface area contributed by atoms with Crippen LogP contribution in [0.1, 0.15) is 27.4 Å². The number of anilines is 3. The lowest BCUT2D eigenvalue weighted by Crippen LogP contribution is -2.30. The third-order valence-corrected chi connectivity index (χ3v) is 7.90. The van der Waals surface area contributed by atoms with E-state index in [-0.39, 0.29) is 27.4 Å². The quantitative estimate of drug-likeness (QED) is 0.183. The van der Waals surface area contributed by atoms with Gasteiger partial charge >= 0.3 is 12.1 Å². The van der Waals surface area contributed by atoms with Crippen molar-refractivity contribution in [3.05, 3.63) is 86.7 Å². The minimum atomic E-state index is -5.38. The number of hydrogen-bond donors (Lipinski definition) is 3. The Balaban J connectivity index is 1.55. The van der Waals surface area contributed by atoms with Gasteiger partial charge in [-0.25, -0.2) is 13.2 Å². The maximum Gasteiger partial charge on any atom is 0.471 e. The van der Waals surface area contributed by atoms with Crippen molar-refractivity contribution in [3.63, 3.8) is 0 Å². The van der Waals surface area contributed by atoms with Crippen LogP contribution in [0.4, 0.5) is 43.4 Å². The van der Waals surface area contributed by atoms with Gasteiger partial charge in [-0.05, 0) is 48.4 Å². The molecule has 3 aromatic carbocycles. The van der Waals surface area contributed by atoms with Crippen molar-refractivity contribution in [1.29, 1.82) is 0 Å². The van der Waals surface area contributed by atoms with Gasteiger partial charge < -0.3 is 16.0 Å². The molecule has 1 fully saturated rings. The van der Waals surface area contributed by atoms with Crippen LogP contribution in [0.3, 0.4) is 0 Å². The SMILES string of the molecule is Cc1cc(NC(=O)[C@H]2[C@H](c3ccc(Cl)c(Cl)c3)C2(Cl)Cl)cc(C(=O)Nc2cc(NC(=O)C(F)(F)F)c(F)cc2F)c1F. The van der Waals surface area contributed by atoms with Gasteiger partial charge in [-0.3, -0.25) is 14.4 Å². The first kappa shape index (κ1) is 31.7. The molecule has 0 unspecified atom stereocenters. The molecule has 2 atom stereocenters. The summed E-state index contributed by atoms with van der Waals surface area (Å²) in [6, 6.07) is 7.19. The van der Waals surface area contributed by atoms with E-state index in [1.807, 2.05) is 5.32 Å². The van der Waals surface area contributed by atoms with E-state index in [0.717, 1.165) is 6.07 Å². The molecule has 0 spiro atoms. The molecule has 1 aliphatic rings. The molecule has 0 radical (unpaired) electrons. The first-order valence-corrected chi connectivity index (χ1v) is 13.0. The Morgan fingerprint density at radius 1 is 0.833 bits per heavy atom. The summed E-state index contributed by atoms with van der Waals surface area (Å²) in [5.41, 5.74) is -2.37. The molecule has 0 aromatic heterocycles. The highest BCUT2D eigenvalue weighted by Crippen LogP contribution is 2.65. The number of benzene rings is 3. The second-order valence-electron chi connectivity index (χ2n) is 9.17. The molecule has 0 aliphatic heterocycles. The van der Waals surface area contributed by atoms with Crippen LogP contribution in [-0.2, 0) is 9.59 Å². The first-order chi connectivity index (χ1) is 19.4. The molecule has 222 valence electrons. The van der Waals surface area contributed by atoms with Gasteiger partial charge in [0.2, 0.25) is 5.91 Å². The number of halogens is 10. The fourth-order valence-electron chi connectivity index (χ4n) is 4.12. The molecule has 0 heterocycles. The number of carbonyl (C=O) groups is 3. The summed E-state index contributed by atoms with van der Waals surface area (Å²) in [6.45, 7) is 1.26. The number of alkyl halides is 5. The second-order valence-corrected chi connectivity index (χ2v) is 11.4. The fraction of sp³-hybridized carbons (Fsp3) is 0.192. The van der Waals surface area contributed by atoms with Gasteiger partial charge in [0.25, 0.3) is 5.91 Å². The van der Waals surface area contributed by atoms with E-state index in [9.17, 15) is 40.7 Å². The second kappa shape index (κ2) is 11.5. The zero-order valence-electron chi connectivity index (χ0n) is 20.7. The van der Waals surface area contributed by atoms with E-state index in [0.29, 0.717) is 11.6 Å². The van der Waals surface area contributed by atoms with E-state index in [4.69, 9.17) is 46.4 Å². The van der Waals surface area contributed by atoms with Crippen LogP contribution in [-0.4, -0.2) is 28.2 Å². The molecule has 1 saturated carbocycles. The third-order valence-electron chi connectivity index (χ3n) is 6.22. The minimum absolute atomic E-state index is 0.0781. The van der Waals surface area contributed by atoms with Crippen LogP contribution in [0.25, 0.3) is 0 Å². The predicted octanol–water partition coefficient (Wildman–Crippen LogP) is 8.00. The molecule has 1 aliphatic carbocycles. The van der Waals surface area contributed by atoms with E-state index in [1.54, 1.807) is 6.07 Å². The van der Waals surface area contributed by atoms with Gasteiger partial charge in [0.15, 0.2) is 0 Å². The van der Waals surface area contributed by atoms with Gasteiger partial charge in [0.05, 0.1) is 32.9 Å². The monoisotopic (exact) mass is 671 g/mol. The number of nitrogens with one attached hydrogen (secondary N) is 3. The fourth-order valence-corrected chi connectivity index (χ4v) is 5.26. The molecule has 3 amide bonds. The van der Waals surface area contributed by atoms with Gasteiger partial charge in [-0.2, -0.15) is 13.2 Å². The third kappa shape index (κ3) is 6.41. The largest absolute Gasteiger partial charge is 0.471 e. The van der Waals surface area contributed by atoms with Crippen molar-refractivity contribution in [2.75, 3.05) is 16.0 Å². The Bertz CT molecular complexity index is 1630. The van der Waals surface area contributed by atoms with Crippen molar-refractivity contribution in [2.45, 2.75) is 23.4 Å². The molecule has 4 rings (SSSR count). The number of carbonyl (C=O) groups excluding carboxylic acids is 3. The maximum absolute atomic E-state index is 14.9. The Morgan fingerprint density at radius 3 is 2.05 bits per heavy atom. The highest BCUT2D eigenvalue weighted by Gasteiger charge is 2.67. The van der Waals surface area contributed by atoms with Crippen LogP contribution in [0, 0.1) is 30.3 Å². The van der Waals surface area contributed by atoms with E-state index < -0.39 is 74.5 Å². The average Bonchev–Trinajstić information content (AvgIpc) is 3.46. The standard InChI is InChI=1S/C26H15Cl4F6N3O3/c1-9-4-11(37-23(41)20-19(25(20,29)30)10-2-3-13(27)14(28)5-10)6-12(21(9)33)22(40)38-17-8-18(16(32)7-15(17)31)39-24(42)26(34,35)36/h2-8,19-20H,1H3,(H,37,41)(H,38,40)(H,39,42)/t19-,20+/m0/s1. The van der Waals surface area contributed by atoms with E-state index >= 15 is 0 Å². The van der Waals surface area contributed by atoms with Gasteiger partial charge in [-0.15, -0.1) is 23.2 Å². The highest BCUT2D eigenvalue weighted by molar-refractivity contribution is 6.53. The number of hydrogen-bond acceptors (Lipinski definition) is 3. The zero-order chi connectivity index (χ0) is 31.3. The lowest BCUT2D eigenvalue weighted by Gasteiger charge is -2.14. The number of aryl methyl sites for hydroxylation is 1. The lowest BCUT2D eigenvalue weighted by atomic mass is 10.1. The molecule has 16 heteroatoms. The molecule has 0 saturated heterocycles. The summed E-state index contributed by atoms with van der Waals surface area (Å²) < 4.78 is 79.3.